The second kappa shape index (κ2) is 13.0. The number of hydrogen-bond donors (Lipinski definition) is 0. The van der Waals surface area contributed by atoms with E-state index in [1.165, 1.54) is 4.90 Å². The smallest absolute Gasteiger partial charge is 0.328 e. The summed E-state index contributed by atoms with van der Waals surface area (Å²) in [5.41, 5.74) is 1.09. The van der Waals surface area contributed by atoms with Crippen LogP contribution in [0.15, 0.2) is 30.3 Å². The number of carbonyl (C=O) groups excluding carboxylic acids is 3. The Balaban J connectivity index is 0. The van der Waals surface area contributed by atoms with Crippen LogP contribution in [0.4, 0.5) is 0 Å². The van der Waals surface area contributed by atoms with Crippen molar-refractivity contribution in [2.75, 3.05) is 13.2 Å². The van der Waals surface area contributed by atoms with Crippen LogP contribution in [0.25, 0.3) is 0 Å². The van der Waals surface area contributed by atoms with Crippen molar-refractivity contribution in [1.29, 1.82) is 0 Å². The van der Waals surface area contributed by atoms with Crippen molar-refractivity contribution in [3.63, 3.8) is 0 Å². The number of carbonyl (C=O) groups is 3. The fourth-order valence-electron chi connectivity index (χ4n) is 3.99. The third kappa shape index (κ3) is 5.83. The Morgan fingerprint density at radius 1 is 1.10 bits per heavy atom. The van der Waals surface area contributed by atoms with Gasteiger partial charge in [-0.25, -0.2) is 4.79 Å². The Morgan fingerprint density at radius 3 is 2.33 bits per heavy atom. The first-order chi connectivity index (χ1) is 12.5. The maximum atomic E-state index is 13.0. The van der Waals surface area contributed by atoms with Crippen LogP contribution in [0, 0.1) is 0 Å². The van der Waals surface area contributed by atoms with Gasteiger partial charge in [0.1, 0.15) is 18.1 Å². The largest absolute Gasteiger partial charge is 0.464 e. The van der Waals surface area contributed by atoms with E-state index in [1.54, 1.807) is 18.7 Å². The highest BCUT2D eigenvalue weighted by Crippen LogP contribution is 2.29. The van der Waals surface area contributed by atoms with Crippen LogP contribution in [0.3, 0.4) is 0 Å². The number of fused-ring (bicyclic) bond motifs is 1. The monoisotopic (exact) mass is 422 g/mol. The molecule has 1 aromatic rings. The molecule has 6 heteroatoms. The molecule has 2 aliphatic heterocycles. The van der Waals surface area contributed by atoms with Crippen molar-refractivity contribution in [3.8, 4) is 0 Å². The molecule has 0 aromatic heterocycles. The number of amides is 2. The minimum Gasteiger partial charge on any atom is -0.464 e. The van der Waals surface area contributed by atoms with Crippen molar-refractivity contribution >= 4 is 17.8 Å². The van der Waals surface area contributed by atoms with Crippen LogP contribution in [0.2, 0.25) is 0 Å². The van der Waals surface area contributed by atoms with Crippen LogP contribution >= 0.6 is 0 Å². The third-order valence-electron chi connectivity index (χ3n) is 5.29. The molecule has 2 fully saturated rings. The number of hydrogen-bond acceptors (Lipinski definition) is 4. The quantitative estimate of drug-likeness (QED) is 0.641. The first-order valence-corrected chi connectivity index (χ1v) is 9.37. The SMILES string of the molecule is C.C.C.C.CCOC(=O)C(CCc1ccccc1)N1C(=O)C2CCCN2C(=O)C1C. The van der Waals surface area contributed by atoms with Gasteiger partial charge < -0.3 is 14.5 Å². The van der Waals surface area contributed by atoms with Gasteiger partial charge in [0.05, 0.1) is 6.61 Å². The van der Waals surface area contributed by atoms with Gasteiger partial charge in [-0.05, 0) is 45.1 Å². The van der Waals surface area contributed by atoms with E-state index < -0.39 is 24.1 Å². The van der Waals surface area contributed by atoms with Crippen molar-refractivity contribution < 1.29 is 19.1 Å². The maximum absolute atomic E-state index is 13.0. The van der Waals surface area contributed by atoms with E-state index in [0.717, 1.165) is 12.0 Å². The fraction of sp³-hybridized carbons (Fsp3) is 0.625. The Kier molecular flexibility index (Phi) is 13.0. The van der Waals surface area contributed by atoms with Gasteiger partial charge >= 0.3 is 5.97 Å². The average Bonchev–Trinajstić information content (AvgIpc) is 3.14. The molecule has 0 bridgehead atoms. The lowest BCUT2D eigenvalue weighted by Crippen LogP contribution is -2.65. The average molecular weight is 423 g/mol. The van der Waals surface area contributed by atoms with Gasteiger partial charge in [0.15, 0.2) is 0 Å². The summed E-state index contributed by atoms with van der Waals surface area (Å²) in [7, 11) is 0. The summed E-state index contributed by atoms with van der Waals surface area (Å²) in [6.07, 6.45) is 2.58. The molecule has 2 aliphatic rings. The topological polar surface area (TPSA) is 66.9 Å². The summed E-state index contributed by atoms with van der Waals surface area (Å²) < 4.78 is 5.23. The van der Waals surface area contributed by atoms with Crippen molar-refractivity contribution in [1.82, 2.24) is 9.80 Å². The molecule has 0 N–H and O–H groups in total. The molecule has 2 saturated heterocycles. The molecule has 2 heterocycles. The molecule has 3 rings (SSSR count). The summed E-state index contributed by atoms with van der Waals surface area (Å²) in [6.45, 7) is 4.34. The van der Waals surface area contributed by atoms with Crippen LogP contribution in [0.5, 0.6) is 0 Å². The van der Waals surface area contributed by atoms with Crippen LogP contribution in [0.1, 0.15) is 68.4 Å². The Bertz CT molecular complexity index is 677. The minimum absolute atomic E-state index is 0. The van der Waals surface area contributed by atoms with Gasteiger partial charge in [-0.15, -0.1) is 0 Å². The highest BCUT2D eigenvalue weighted by molar-refractivity contribution is 5.99. The van der Waals surface area contributed by atoms with E-state index >= 15 is 0 Å². The van der Waals surface area contributed by atoms with E-state index in [4.69, 9.17) is 4.74 Å². The number of esters is 1. The van der Waals surface area contributed by atoms with E-state index in [0.29, 0.717) is 25.8 Å². The summed E-state index contributed by atoms with van der Waals surface area (Å²) in [4.78, 5) is 41.5. The van der Waals surface area contributed by atoms with Crippen molar-refractivity contribution in [2.45, 2.75) is 87.4 Å². The summed E-state index contributed by atoms with van der Waals surface area (Å²) in [5, 5.41) is 0. The zero-order valence-corrected chi connectivity index (χ0v) is 15.4. The van der Waals surface area contributed by atoms with E-state index in [2.05, 4.69) is 0 Å². The minimum atomic E-state index is -0.732. The predicted octanol–water partition coefficient (Wildman–Crippen LogP) is 4.32. The van der Waals surface area contributed by atoms with Gasteiger partial charge in [0.25, 0.3) is 0 Å². The lowest BCUT2D eigenvalue weighted by Gasteiger charge is -2.43. The maximum Gasteiger partial charge on any atom is 0.328 e. The van der Waals surface area contributed by atoms with Crippen LogP contribution in [-0.4, -0.2) is 58.9 Å². The molecule has 3 atom stereocenters. The number of aryl methyl sites for hydroxylation is 1. The highest BCUT2D eigenvalue weighted by Gasteiger charge is 2.49. The molecular formula is C24H42N2O4. The summed E-state index contributed by atoms with van der Waals surface area (Å²) in [5.74, 6) is -0.621. The van der Waals surface area contributed by atoms with Gasteiger partial charge in [-0.1, -0.05) is 60.0 Å². The number of piperazine rings is 1. The molecular weight excluding hydrogens is 380 g/mol. The summed E-state index contributed by atoms with van der Waals surface area (Å²) in [6, 6.07) is 8.03. The molecule has 3 unspecified atom stereocenters. The third-order valence-corrected chi connectivity index (χ3v) is 5.29. The normalized spacial score (nSPS) is 20.6. The van der Waals surface area contributed by atoms with Crippen molar-refractivity contribution in [3.05, 3.63) is 35.9 Å². The molecule has 1 aromatic carbocycles. The Labute approximate surface area is 183 Å². The molecule has 172 valence electrons. The lowest BCUT2D eigenvalue weighted by molar-refractivity contribution is -0.168. The predicted molar refractivity (Wildman–Crippen MR) is 123 cm³/mol. The Morgan fingerprint density at radius 2 is 1.73 bits per heavy atom. The van der Waals surface area contributed by atoms with Gasteiger partial charge in [-0.2, -0.15) is 0 Å². The molecule has 30 heavy (non-hydrogen) atoms. The Hall–Kier alpha value is -2.37. The standard InChI is InChI=1S/C20H26N2O4.4CH4/c1-3-26-20(25)17(12-11-15-8-5-4-6-9-15)22-14(2)18(23)21-13-7-10-16(21)19(22)24;;;;/h4-6,8-9,14,16-17H,3,7,10-13H2,1-2H3;4*1H4. The van der Waals surface area contributed by atoms with Gasteiger partial charge in [-0.3, -0.25) is 9.59 Å². The van der Waals surface area contributed by atoms with Crippen molar-refractivity contribution in [2.24, 2.45) is 0 Å². The zero-order valence-electron chi connectivity index (χ0n) is 15.4. The number of rotatable bonds is 6. The highest BCUT2D eigenvalue weighted by atomic mass is 16.5. The summed E-state index contributed by atoms with van der Waals surface area (Å²) >= 11 is 0. The first kappa shape index (κ1) is 29.8. The molecule has 0 radical (unpaired) electrons. The molecule has 0 saturated carbocycles. The number of ether oxygens (including phenoxy) is 1. The molecule has 6 nitrogen and oxygen atoms in total. The second-order valence-corrected chi connectivity index (χ2v) is 6.90. The second-order valence-electron chi connectivity index (χ2n) is 6.90. The zero-order chi connectivity index (χ0) is 18.7. The first-order valence-electron chi connectivity index (χ1n) is 9.37. The van der Waals surface area contributed by atoms with Gasteiger partial charge in [0, 0.05) is 6.54 Å². The molecule has 0 spiro atoms. The lowest BCUT2D eigenvalue weighted by atomic mass is 9.98. The molecule has 0 aliphatic carbocycles. The number of nitrogens with zero attached hydrogens (tertiary/aromatic N) is 2. The van der Waals surface area contributed by atoms with E-state index in [1.807, 2.05) is 30.3 Å². The molecule has 2 amide bonds. The van der Waals surface area contributed by atoms with Crippen LogP contribution in [-0.2, 0) is 25.5 Å². The van der Waals surface area contributed by atoms with E-state index in [9.17, 15) is 14.4 Å². The number of benzene rings is 1. The van der Waals surface area contributed by atoms with E-state index in [-0.39, 0.29) is 48.1 Å². The van der Waals surface area contributed by atoms with Crippen LogP contribution < -0.4 is 0 Å². The fourth-order valence-corrected chi connectivity index (χ4v) is 3.99. The van der Waals surface area contributed by atoms with Gasteiger partial charge in [0.2, 0.25) is 11.8 Å².